The zero-order chi connectivity index (χ0) is 14.1. The van der Waals surface area contributed by atoms with Gasteiger partial charge in [-0.15, -0.1) is 0 Å². The summed E-state index contributed by atoms with van der Waals surface area (Å²) in [4.78, 5) is 12.3. The molecule has 1 aliphatic heterocycles. The number of nitrogens with one attached hydrogen (secondary N) is 3. The van der Waals surface area contributed by atoms with Crippen LogP contribution in [0.3, 0.4) is 0 Å². The molecule has 1 amide bonds. The van der Waals surface area contributed by atoms with E-state index in [9.17, 15) is 4.79 Å². The minimum absolute atomic E-state index is 0.0389. The van der Waals surface area contributed by atoms with E-state index in [0.717, 1.165) is 17.9 Å². The summed E-state index contributed by atoms with van der Waals surface area (Å²) in [5.74, 6) is 0.804. The Morgan fingerprint density at radius 3 is 2.90 bits per heavy atom. The average molecular weight is 294 g/mol. The van der Waals surface area contributed by atoms with Crippen LogP contribution < -0.4 is 16.2 Å². The highest BCUT2D eigenvalue weighted by atomic mass is 35.5. The summed E-state index contributed by atoms with van der Waals surface area (Å²) in [6, 6.07) is 7.88. The first kappa shape index (κ1) is 13.9. The molecule has 0 aromatic heterocycles. The van der Waals surface area contributed by atoms with E-state index in [-0.39, 0.29) is 18.0 Å². The van der Waals surface area contributed by atoms with Crippen molar-refractivity contribution in [3.63, 3.8) is 0 Å². The lowest BCUT2D eigenvalue weighted by atomic mass is 10.0. The van der Waals surface area contributed by atoms with E-state index in [1.54, 1.807) is 0 Å². The normalized spacial score (nSPS) is 27.3. The maximum atomic E-state index is 12.3. The molecule has 3 N–H and O–H groups in total. The molecule has 4 nitrogen and oxygen atoms in total. The van der Waals surface area contributed by atoms with Gasteiger partial charge < -0.3 is 5.32 Å². The van der Waals surface area contributed by atoms with Gasteiger partial charge >= 0.3 is 0 Å². The van der Waals surface area contributed by atoms with Gasteiger partial charge in [0.25, 0.3) is 0 Å². The molecule has 2 fully saturated rings. The topological polar surface area (TPSA) is 53.2 Å². The first-order valence-corrected chi connectivity index (χ1v) is 7.58. The summed E-state index contributed by atoms with van der Waals surface area (Å²) >= 11 is 5.98. The number of amides is 1. The van der Waals surface area contributed by atoms with Crippen molar-refractivity contribution in [2.45, 2.75) is 44.3 Å². The van der Waals surface area contributed by atoms with Crippen molar-refractivity contribution in [1.29, 1.82) is 0 Å². The second kappa shape index (κ2) is 5.72. The second-order valence-corrected chi connectivity index (χ2v) is 6.24. The summed E-state index contributed by atoms with van der Waals surface area (Å²) in [5, 5.41) is 3.74. The lowest BCUT2D eigenvalue weighted by Gasteiger charge is -2.17. The van der Waals surface area contributed by atoms with Crippen molar-refractivity contribution in [3.05, 3.63) is 34.9 Å². The molecule has 3 unspecified atom stereocenters. The number of carbonyl (C=O) groups is 1. The van der Waals surface area contributed by atoms with Crippen LogP contribution in [0.5, 0.6) is 0 Å². The Balaban J connectivity index is 1.55. The predicted molar refractivity (Wildman–Crippen MR) is 79.2 cm³/mol. The maximum absolute atomic E-state index is 12.3. The maximum Gasteiger partial charge on any atom is 0.239 e. The molecule has 108 valence electrons. The molecular formula is C15H20ClN3O. The lowest BCUT2D eigenvalue weighted by Crippen LogP contribution is -2.44. The third-order valence-electron chi connectivity index (χ3n) is 4.15. The van der Waals surface area contributed by atoms with Crippen molar-refractivity contribution in [3.8, 4) is 0 Å². The number of halogens is 1. The smallest absolute Gasteiger partial charge is 0.239 e. The van der Waals surface area contributed by atoms with E-state index in [4.69, 9.17) is 11.6 Å². The van der Waals surface area contributed by atoms with Gasteiger partial charge in [0.1, 0.15) is 6.04 Å². The Bertz CT molecular complexity index is 504. The van der Waals surface area contributed by atoms with Crippen LogP contribution in [0, 0.1) is 5.92 Å². The Hall–Kier alpha value is -1.10. The van der Waals surface area contributed by atoms with Gasteiger partial charge in [-0.3, -0.25) is 10.2 Å². The zero-order valence-corrected chi connectivity index (χ0v) is 12.3. The Morgan fingerprint density at radius 1 is 1.40 bits per heavy atom. The minimum atomic E-state index is -0.137. The van der Waals surface area contributed by atoms with Crippen LogP contribution in [-0.2, 0) is 4.79 Å². The number of rotatable bonds is 4. The summed E-state index contributed by atoms with van der Waals surface area (Å²) in [7, 11) is 0. The molecule has 1 aromatic rings. The fourth-order valence-corrected chi connectivity index (χ4v) is 2.93. The number of hydrazine groups is 1. The molecule has 0 radical (unpaired) electrons. The van der Waals surface area contributed by atoms with E-state index in [1.165, 1.54) is 12.8 Å². The highest BCUT2D eigenvalue weighted by Crippen LogP contribution is 2.35. The molecule has 2 aliphatic rings. The van der Waals surface area contributed by atoms with Crippen LogP contribution in [0.2, 0.25) is 5.02 Å². The molecule has 1 saturated heterocycles. The summed E-state index contributed by atoms with van der Waals surface area (Å²) in [6.07, 6.45) is 3.44. The Morgan fingerprint density at radius 2 is 2.20 bits per heavy atom. The van der Waals surface area contributed by atoms with Gasteiger partial charge in [0.15, 0.2) is 0 Å². The number of hydrogen-bond acceptors (Lipinski definition) is 3. The van der Waals surface area contributed by atoms with Crippen molar-refractivity contribution < 1.29 is 4.79 Å². The number of benzene rings is 1. The molecule has 1 aliphatic carbocycles. The highest BCUT2D eigenvalue weighted by Gasteiger charge is 2.38. The lowest BCUT2D eigenvalue weighted by molar-refractivity contribution is -0.123. The summed E-state index contributed by atoms with van der Waals surface area (Å²) in [5.41, 5.74) is 7.37. The van der Waals surface area contributed by atoms with Crippen molar-refractivity contribution in [2.24, 2.45) is 5.92 Å². The summed E-state index contributed by atoms with van der Waals surface area (Å²) < 4.78 is 0. The molecule has 3 atom stereocenters. The molecule has 1 aromatic carbocycles. The molecule has 1 heterocycles. The van der Waals surface area contributed by atoms with E-state index in [0.29, 0.717) is 11.1 Å². The van der Waals surface area contributed by atoms with Crippen LogP contribution in [0.4, 0.5) is 0 Å². The predicted octanol–water partition coefficient (Wildman–Crippen LogP) is 2.16. The fourth-order valence-electron chi connectivity index (χ4n) is 2.73. The van der Waals surface area contributed by atoms with Crippen LogP contribution in [0.15, 0.2) is 24.3 Å². The molecule has 0 bridgehead atoms. The van der Waals surface area contributed by atoms with Crippen molar-refractivity contribution >= 4 is 17.5 Å². The van der Waals surface area contributed by atoms with Gasteiger partial charge in [-0.25, -0.2) is 5.43 Å². The largest absolute Gasteiger partial charge is 0.348 e. The quantitative estimate of drug-likeness (QED) is 0.797. The second-order valence-electron chi connectivity index (χ2n) is 5.81. The first-order chi connectivity index (χ1) is 9.63. The van der Waals surface area contributed by atoms with E-state index in [2.05, 4.69) is 16.2 Å². The van der Waals surface area contributed by atoms with Crippen LogP contribution in [-0.4, -0.2) is 18.0 Å². The molecular weight excluding hydrogens is 274 g/mol. The van der Waals surface area contributed by atoms with Gasteiger partial charge in [0.05, 0.1) is 6.04 Å². The Kier molecular flexibility index (Phi) is 3.96. The highest BCUT2D eigenvalue weighted by molar-refractivity contribution is 6.30. The standard InChI is InChI=1S/C15H20ClN3O/c1-9(11-3-2-4-12(16)7-11)17-15(20)14-8-13(18-19-14)10-5-6-10/h2-4,7,9-10,13-14,18-19H,5-6,8H2,1H3,(H,17,20). The van der Waals surface area contributed by atoms with E-state index >= 15 is 0 Å². The number of hydrogen-bond donors (Lipinski definition) is 3. The van der Waals surface area contributed by atoms with Gasteiger partial charge in [0, 0.05) is 11.1 Å². The third kappa shape index (κ3) is 3.14. The molecule has 5 heteroatoms. The number of carbonyl (C=O) groups excluding carboxylic acids is 1. The van der Waals surface area contributed by atoms with Crippen LogP contribution >= 0.6 is 11.6 Å². The van der Waals surface area contributed by atoms with E-state index < -0.39 is 0 Å². The van der Waals surface area contributed by atoms with Gasteiger partial charge in [0.2, 0.25) is 5.91 Å². The average Bonchev–Trinajstić information content (AvgIpc) is 3.16. The SMILES string of the molecule is CC(NC(=O)C1CC(C2CC2)NN1)c1cccc(Cl)c1. The van der Waals surface area contributed by atoms with Crippen molar-refractivity contribution in [2.75, 3.05) is 0 Å². The Labute approximate surface area is 124 Å². The molecule has 20 heavy (non-hydrogen) atoms. The van der Waals surface area contributed by atoms with Crippen LogP contribution in [0.1, 0.15) is 37.8 Å². The minimum Gasteiger partial charge on any atom is -0.348 e. The molecule has 3 rings (SSSR count). The molecule has 0 spiro atoms. The zero-order valence-electron chi connectivity index (χ0n) is 11.5. The van der Waals surface area contributed by atoms with Gasteiger partial charge in [-0.1, -0.05) is 23.7 Å². The fraction of sp³-hybridized carbons (Fsp3) is 0.533. The van der Waals surface area contributed by atoms with Crippen molar-refractivity contribution in [1.82, 2.24) is 16.2 Å². The van der Waals surface area contributed by atoms with Crippen LogP contribution in [0.25, 0.3) is 0 Å². The third-order valence-corrected chi connectivity index (χ3v) is 4.38. The van der Waals surface area contributed by atoms with E-state index in [1.807, 2.05) is 31.2 Å². The summed E-state index contributed by atoms with van der Waals surface area (Å²) in [6.45, 7) is 1.98. The van der Waals surface area contributed by atoms with Gasteiger partial charge in [-0.05, 0) is 49.8 Å². The first-order valence-electron chi connectivity index (χ1n) is 7.20. The monoisotopic (exact) mass is 293 g/mol. The molecule has 1 saturated carbocycles. The van der Waals surface area contributed by atoms with Gasteiger partial charge in [-0.2, -0.15) is 0 Å².